The van der Waals surface area contributed by atoms with Gasteiger partial charge in [0.25, 0.3) is 0 Å². The number of thioether (sulfide) groups is 2. The Kier molecular flexibility index (Phi) is 11.7. The first-order valence-corrected chi connectivity index (χ1v) is 7.33. The Balaban J connectivity index is 0.000000187. The van der Waals surface area contributed by atoms with Gasteiger partial charge in [0.2, 0.25) is 0 Å². The third kappa shape index (κ3) is 9.79. The van der Waals surface area contributed by atoms with Crippen LogP contribution >= 0.6 is 43.8 Å². The first-order valence-electron chi connectivity index (χ1n) is 2.26. The molecule has 0 amide bonds. The van der Waals surface area contributed by atoms with Gasteiger partial charge in [-0.15, -0.1) is 5.75 Å². The van der Waals surface area contributed by atoms with Crippen molar-refractivity contribution in [1.82, 2.24) is 0 Å². The van der Waals surface area contributed by atoms with Crippen molar-refractivity contribution in [3.8, 4) is 0 Å². The molecule has 1 aliphatic heterocycles. The average molecular weight is 249 g/mol. The van der Waals surface area contributed by atoms with E-state index in [1.807, 2.05) is 23.5 Å². The fourth-order valence-corrected chi connectivity index (χ4v) is 2.33. The van der Waals surface area contributed by atoms with E-state index in [1.165, 1.54) is 17.3 Å². The summed E-state index contributed by atoms with van der Waals surface area (Å²) in [4.78, 5) is 0. The molecule has 0 aliphatic carbocycles. The molecular weight excluding hydrogens is 242 g/mol. The summed E-state index contributed by atoms with van der Waals surface area (Å²) in [6, 6.07) is 0. The van der Waals surface area contributed by atoms with Crippen molar-refractivity contribution in [2.75, 3.05) is 17.3 Å². The van der Waals surface area contributed by atoms with Crippen LogP contribution in [0.15, 0.2) is 0 Å². The minimum atomic E-state index is 0.382. The Hall–Kier alpha value is 1.79. The minimum absolute atomic E-state index is 0.382. The second-order valence-corrected chi connectivity index (χ2v) is 5.10. The molecule has 0 aromatic rings. The summed E-state index contributed by atoms with van der Waals surface area (Å²) in [5.74, 6) is 6.20. The van der Waals surface area contributed by atoms with E-state index in [0.29, 0.717) is 12.9 Å². The summed E-state index contributed by atoms with van der Waals surface area (Å²) in [7, 11) is 9.47. The van der Waals surface area contributed by atoms with Crippen LogP contribution in [0.3, 0.4) is 0 Å². The maximum atomic E-state index is 4.73. The van der Waals surface area contributed by atoms with Crippen LogP contribution in [0.5, 0.6) is 0 Å². The molecule has 1 rings (SSSR count). The van der Waals surface area contributed by atoms with Crippen molar-refractivity contribution >= 4 is 43.8 Å². The number of halogens is 2. The Morgan fingerprint density at radius 2 is 2.00 bits per heavy atom. The molecule has 1 aliphatic rings. The third-order valence-corrected chi connectivity index (χ3v) is 2.86. The molecule has 0 N–H and O–H groups in total. The number of hydrogen-bond donors (Lipinski definition) is 0. The summed E-state index contributed by atoms with van der Waals surface area (Å²) in [6.07, 6.45) is 0. The molecule has 1 fully saturated rings. The molecule has 0 nitrogen and oxygen atoms in total. The van der Waals surface area contributed by atoms with Gasteiger partial charge in [-0.2, -0.15) is 11.8 Å². The molecule has 1 heterocycles. The van der Waals surface area contributed by atoms with Crippen LogP contribution in [0, 0.1) is 5.75 Å². The molecule has 0 aromatic heterocycles. The fourth-order valence-electron chi connectivity index (χ4n) is 0.370. The molecular formula is C4H7Cl2CoS2. The van der Waals surface area contributed by atoms with Crippen LogP contribution in [-0.2, 0) is 12.9 Å². The SMILES string of the molecule is [CH-]1CSCCS1.[Cl][Co+][Cl]. The predicted molar refractivity (Wildman–Crippen MR) is 45.8 cm³/mol. The van der Waals surface area contributed by atoms with Gasteiger partial charge in [0, 0.05) is 0 Å². The monoisotopic (exact) mass is 248 g/mol. The van der Waals surface area contributed by atoms with Crippen molar-refractivity contribution in [2.45, 2.75) is 0 Å². The van der Waals surface area contributed by atoms with Gasteiger partial charge in [0.1, 0.15) is 0 Å². The summed E-state index contributed by atoms with van der Waals surface area (Å²) < 4.78 is 0. The Bertz CT molecular complexity index is 40.3. The van der Waals surface area contributed by atoms with Crippen LogP contribution in [0.25, 0.3) is 0 Å². The molecule has 0 saturated carbocycles. The Morgan fingerprint density at radius 3 is 2.11 bits per heavy atom. The molecule has 0 radical (unpaired) electrons. The zero-order chi connectivity index (χ0) is 6.95. The van der Waals surface area contributed by atoms with Crippen LogP contribution in [0.2, 0.25) is 0 Å². The zero-order valence-electron chi connectivity index (χ0n) is 4.60. The topological polar surface area (TPSA) is 0 Å². The van der Waals surface area contributed by atoms with Gasteiger partial charge in [-0.3, -0.25) is 5.75 Å². The molecule has 0 unspecified atom stereocenters. The molecule has 58 valence electrons. The van der Waals surface area contributed by atoms with Crippen LogP contribution in [0.4, 0.5) is 0 Å². The van der Waals surface area contributed by atoms with E-state index in [0.717, 1.165) is 0 Å². The zero-order valence-corrected chi connectivity index (χ0v) is 8.79. The second-order valence-electron chi connectivity index (χ2n) is 1.16. The molecule has 1 saturated heterocycles. The van der Waals surface area contributed by atoms with Gasteiger partial charge in [0.15, 0.2) is 0 Å². The van der Waals surface area contributed by atoms with Crippen LogP contribution in [-0.4, -0.2) is 17.3 Å². The maximum absolute atomic E-state index is 4.73. The summed E-state index contributed by atoms with van der Waals surface area (Å²) in [6.45, 7) is 0. The van der Waals surface area contributed by atoms with E-state index < -0.39 is 0 Å². The Labute approximate surface area is 79.3 Å². The molecule has 9 heavy (non-hydrogen) atoms. The van der Waals surface area contributed by atoms with Gasteiger partial charge in [-0.25, -0.2) is 0 Å². The Morgan fingerprint density at radius 1 is 1.33 bits per heavy atom. The molecule has 0 atom stereocenters. The van der Waals surface area contributed by atoms with Crippen molar-refractivity contribution in [2.24, 2.45) is 0 Å². The number of hydrogen-bond acceptors (Lipinski definition) is 2. The molecule has 5 heteroatoms. The summed E-state index contributed by atoms with van der Waals surface area (Å²) in [5.41, 5.74) is 0. The van der Waals surface area contributed by atoms with Gasteiger partial charge in [0.05, 0.1) is 0 Å². The third-order valence-electron chi connectivity index (χ3n) is 0.649. The van der Waals surface area contributed by atoms with Crippen molar-refractivity contribution < 1.29 is 12.9 Å². The standard InChI is InChI=1S/C4H7S2.2ClH.Co/c1-2-6-4-3-5-1;;;/h1H,2-4H2;2*1H;/q-1;;;+3/p-2. The fraction of sp³-hybridized carbons (Fsp3) is 0.750. The van der Waals surface area contributed by atoms with Crippen LogP contribution < -0.4 is 0 Å². The van der Waals surface area contributed by atoms with E-state index in [2.05, 4.69) is 5.75 Å². The number of rotatable bonds is 0. The van der Waals surface area contributed by atoms with Crippen LogP contribution in [0.1, 0.15) is 0 Å². The van der Waals surface area contributed by atoms with Gasteiger partial charge >= 0.3 is 33.2 Å². The quantitative estimate of drug-likeness (QED) is 0.605. The van der Waals surface area contributed by atoms with Crippen molar-refractivity contribution in [3.63, 3.8) is 0 Å². The molecule has 0 spiro atoms. The normalized spacial score (nSPS) is 18.4. The van der Waals surface area contributed by atoms with Gasteiger partial charge < -0.3 is 11.8 Å². The van der Waals surface area contributed by atoms with E-state index in [9.17, 15) is 0 Å². The van der Waals surface area contributed by atoms with E-state index >= 15 is 0 Å². The van der Waals surface area contributed by atoms with Gasteiger partial charge in [-0.1, -0.05) is 0 Å². The summed E-state index contributed by atoms with van der Waals surface area (Å²) in [5, 5.41) is 0. The van der Waals surface area contributed by atoms with E-state index in [4.69, 9.17) is 20.3 Å². The first kappa shape index (κ1) is 10.8. The predicted octanol–water partition coefficient (Wildman–Crippen LogP) is 3.00. The molecule has 0 aromatic carbocycles. The average Bonchev–Trinajstić information content (AvgIpc) is 1.93. The molecule has 0 bridgehead atoms. The van der Waals surface area contributed by atoms with E-state index in [-0.39, 0.29) is 0 Å². The van der Waals surface area contributed by atoms with E-state index in [1.54, 1.807) is 0 Å². The first-order chi connectivity index (χ1) is 4.41. The van der Waals surface area contributed by atoms with Gasteiger partial charge in [-0.05, 0) is 11.5 Å². The summed E-state index contributed by atoms with van der Waals surface area (Å²) >= 11 is 4.35. The second kappa shape index (κ2) is 9.79. The van der Waals surface area contributed by atoms with Crippen molar-refractivity contribution in [3.05, 3.63) is 5.75 Å². The van der Waals surface area contributed by atoms with Crippen molar-refractivity contribution in [1.29, 1.82) is 0 Å².